The first-order valence-corrected chi connectivity index (χ1v) is 10.6. The lowest BCUT2D eigenvalue weighted by Gasteiger charge is -2.31. The molecule has 2 aliphatic heterocycles. The lowest BCUT2D eigenvalue weighted by molar-refractivity contribution is 0.307. The number of sulfonamides is 1. The summed E-state index contributed by atoms with van der Waals surface area (Å²) >= 11 is 1.30. The predicted molar refractivity (Wildman–Crippen MR) is 98.8 cm³/mol. The number of hydrogen-bond acceptors (Lipinski definition) is 6. The van der Waals surface area contributed by atoms with Crippen LogP contribution in [0.1, 0.15) is 36.0 Å². The van der Waals surface area contributed by atoms with E-state index in [1.165, 1.54) is 11.3 Å². The zero-order valence-corrected chi connectivity index (χ0v) is 16.5. The Morgan fingerprint density at radius 2 is 2.00 bits per heavy atom. The summed E-state index contributed by atoms with van der Waals surface area (Å²) in [5.41, 5.74) is 0.834. The quantitative estimate of drug-likeness (QED) is 0.844. The smallest absolute Gasteiger partial charge is 0.252 e. The Morgan fingerprint density at radius 3 is 2.68 bits per heavy atom. The van der Waals surface area contributed by atoms with Gasteiger partial charge in [-0.1, -0.05) is 0 Å². The van der Waals surface area contributed by atoms with Crippen LogP contribution in [0.2, 0.25) is 0 Å². The van der Waals surface area contributed by atoms with Gasteiger partial charge in [0.15, 0.2) is 0 Å². The first kappa shape index (κ1) is 18.8. The van der Waals surface area contributed by atoms with Gasteiger partial charge in [0.25, 0.3) is 10.0 Å². The fraction of sp³-hybridized carbons (Fsp3) is 0.600. The van der Waals surface area contributed by atoms with Crippen LogP contribution in [0.5, 0.6) is 0 Å². The zero-order chi connectivity index (χ0) is 16.7. The van der Waals surface area contributed by atoms with Gasteiger partial charge in [-0.25, -0.2) is 8.42 Å². The van der Waals surface area contributed by atoms with E-state index in [4.69, 9.17) is 0 Å². The topological polar surface area (TPSA) is 80.1 Å². The molecule has 4 rings (SSSR count). The van der Waals surface area contributed by atoms with Crippen molar-refractivity contribution < 1.29 is 8.42 Å². The van der Waals surface area contributed by atoms with Gasteiger partial charge in [-0.15, -0.1) is 33.9 Å². The van der Waals surface area contributed by atoms with Crippen molar-refractivity contribution in [1.29, 1.82) is 0 Å². The van der Waals surface area contributed by atoms with Crippen LogP contribution in [-0.2, 0) is 23.1 Å². The molecular formula is C15H22ClN5O2S2. The third-order valence-corrected chi connectivity index (χ3v) is 8.42. The highest BCUT2D eigenvalue weighted by atomic mass is 35.5. The number of thiophene rings is 1. The Morgan fingerprint density at radius 1 is 1.24 bits per heavy atom. The van der Waals surface area contributed by atoms with Crippen molar-refractivity contribution in [2.24, 2.45) is 0 Å². The number of nitrogens with zero attached hydrogens (tertiary/aromatic N) is 4. The lowest BCUT2D eigenvalue weighted by Crippen LogP contribution is -2.38. The van der Waals surface area contributed by atoms with E-state index in [0.29, 0.717) is 23.2 Å². The van der Waals surface area contributed by atoms with Crippen LogP contribution in [0.15, 0.2) is 15.7 Å². The SMILES string of the molecule is Cc1ccsc1S(=O)(=O)N1CCC(c2nnc3n2CCNC3)CC1.Cl. The molecule has 0 radical (unpaired) electrons. The van der Waals surface area contributed by atoms with Gasteiger partial charge in [-0.2, -0.15) is 4.31 Å². The summed E-state index contributed by atoms with van der Waals surface area (Å²) < 4.78 is 29.9. The fourth-order valence-electron chi connectivity index (χ4n) is 3.51. The third-order valence-electron chi connectivity index (χ3n) is 4.86. The zero-order valence-electron chi connectivity index (χ0n) is 14.0. The standard InChI is InChI=1S/C15H21N5O2S2.ClH/c1-11-4-9-23-15(11)24(21,22)19-6-2-12(3-7-19)14-18-17-13-10-16-5-8-20(13)14;/h4,9,12,16H,2-3,5-8,10H2,1H3;1H. The van der Waals surface area contributed by atoms with E-state index < -0.39 is 10.0 Å². The summed E-state index contributed by atoms with van der Waals surface area (Å²) in [6.45, 7) is 5.54. The second kappa shape index (κ2) is 7.32. The summed E-state index contributed by atoms with van der Waals surface area (Å²) in [6.07, 6.45) is 1.60. The van der Waals surface area contributed by atoms with Gasteiger partial charge in [0.1, 0.15) is 15.9 Å². The summed E-state index contributed by atoms with van der Waals surface area (Å²) in [6, 6.07) is 1.86. The number of hydrogen-bond donors (Lipinski definition) is 1. The van der Waals surface area contributed by atoms with Crippen molar-refractivity contribution in [3.05, 3.63) is 28.7 Å². The molecule has 0 aliphatic carbocycles. The van der Waals surface area contributed by atoms with Gasteiger partial charge >= 0.3 is 0 Å². The molecule has 0 spiro atoms. The van der Waals surface area contributed by atoms with Gasteiger partial charge in [0, 0.05) is 32.1 Å². The molecule has 2 aliphatic rings. The van der Waals surface area contributed by atoms with E-state index in [0.717, 1.165) is 49.7 Å². The Hall–Kier alpha value is -1.000. The van der Waals surface area contributed by atoms with Crippen molar-refractivity contribution in [2.75, 3.05) is 19.6 Å². The van der Waals surface area contributed by atoms with Crippen LogP contribution in [0.25, 0.3) is 0 Å². The van der Waals surface area contributed by atoms with Crippen LogP contribution in [0, 0.1) is 6.92 Å². The number of fused-ring (bicyclic) bond motifs is 1. The molecular weight excluding hydrogens is 382 g/mol. The highest BCUT2D eigenvalue weighted by Gasteiger charge is 2.33. The van der Waals surface area contributed by atoms with Crippen molar-refractivity contribution in [2.45, 2.75) is 43.0 Å². The molecule has 0 saturated carbocycles. The molecule has 138 valence electrons. The van der Waals surface area contributed by atoms with E-state index in [2.05, 4.69) is 20.1 Å². The summed E-state index contributed by atoms with van der Waals surface area (Å²) in [5, 5.41) is 13.8. The number of aromatic nitrogens is 3. The Balaban J connectivity index is 0.00000182. The summed E-state index contributed by atoms with van der Waals surface area (Å²) in [7, 11) is -3.36. The average Bonchev–Trinajstić information content (AvgIpc) is 3.21. The maximum absolute atomic E-state index is 12.8. The highest BCUT2D eigenvalue weighted by Crippen LogP contribution is 2.32. The molecule has 0 amide bonds. The maximum atomic E-state index is 12.8. The Kier molecular flexibility index (Phi) is 5.50. The van der Waals surface area contributed by atoms with Gasteiger partial charge in [-0.05, 0) is 36.8 Å². The average molecular weight is 404 g/mol. The number of nitrogens with one attached hydrogen (secondary N) is 1. The largest absolute Gasteiger partial charge is 0.312 e. The molecule has 0 bridgehead atoms. The third kappa shape index (κ3) is 3.35. The molecule has 1 N–H and O–H groups in total. The molecule has 0 aromatic carbocycles. The first-order chi connectivity index (χ1) is 11.6. The second-order valence-electron chi connectivity index (χ2n) is 6.37. The van der Waals surface area contributed by atoms with Gasteiger partial charge in [0.2, 0.25) is 0 Å². The molecule has 4 heterocycles. The van der Waals surface area contributed by atoms with E-state index in [9.17, 15) is 8.42 Å². The van der Waals surface area contributed by atoms with Crippen molar-refractivity contribution in [1.82, 2.24) is 24.4 Å². The van der Waals surface area contributed by atoms with Crippen molar-refractivity contribution >= 4 is 33.8 Å². The fourth-order valence-corrected chi connectivity index (χ4v) is 6.53. The number of halogens is 1. The molecule has 0 unspecified atom stereocenters. The molecule has 0 atom stereocenters. The van der Waals surface area contributed by atoms with E-state index in [1.807, 2.05) is 18.4 Å². The van der Waals surface area contributed by atoms with E-state index >= 15 is 0 Å². The summed E-state index contributed by atoms with van der Waals surface area (Å²) in [4.78, 5) is 0. The molecule has 1 saturated heterocycles. The maximum Gasteiger partial charge on any atom is 0.252 e. The van der Waals surface area contributed by atoms with E-state index in [-0.39, 0.29) is 12.4 Å². The number of rotatable bonds is 3. The van der Waals surface area contributed by atoms with Crippen LogP contribution in [0.4, 0.5) is 0 Å². The molecule has 10 heteroatoms. The van der Waals surface area contributed by atoms with Crippen LogP contribution < -0.4 is 5.32 Å². The van der Waals surface area contributed by atoms with Crippen molar-refractivity contribution in [3.8, 4) is 0 Å². The lowest BCUT2D eigenvalue weighted by atomic mass is 9.97. The second-order valence-corrected chi connectivity index (χ2v) is 9.42. The minimum atomic E-state index is -3.36. The molecule has 2 aromatic heterocycles. The van der Waals surface area contributed by atoms with Gasteiger partial charge in [0.05, 0.1) is 6.54 Å². The number of piperidine rings is 1. The monoisotopic (exact) mass is 403 g/mol. The molecule has 25 heavy (non-hydrogen) atoms. The predicted octanol–water partition coefficient (Wildman–Crippen LogP) is 1.74. The van der Waals surface area contributed by atoms with E-state index in [1.54, 1.807) is 4.31 Å². The van der Waals surface area contributed by atoms with Gasteiger partial charge in [-0.3, -0.25) is 0 Å². The van der Waals surface area contributed by atoms with Gasteiger partial charge < -0.3 is 9.88 Å². The first-order valence-electron chi connectivity index (χ1n) is 8.24. The van der Waals surface area contributed by atoms with Crippen LogP contribution >= 0.6 is 23.7 Å². The Bertz CT molecular complexity index is 840. The normalized spacial score (nSPS) is 19.4. The summed E-state index contributed by atoms with van der Waals surface area (Å²) in [5.74, 6) is 2.30. The van der Waals surface area contributed by atoms with Crippen molar-refractivity contribution in [3.63, 3.8) is 0 Å². The van der Waals surface area contributed by atoms with Crippen LogP contribution in [0.3, 0.4) is 0 Å². The molecule has 1 fully saturated rings. The molecule has 7 nitrogen and oxygen atoms in total. The molecule has 2 aromatic rings. The highest BCUT2D eigenvalue weighted by molar-refractivity contribution is 7.91. The minimum Gasteiger partial charge on any atom is -0.312 e. The minimum absolute atomic E-state index is 0. The number of aryl methyl sites for hydroxylation is 1. The Labute approximate surface area is 157 Å². The van der Waals surface area contributed by atoms with Crippen LogP contribution in [-0.4, -0.2) is 47.1 Å².